The predicted molar refractivity (Wildman–Crippen MR) is 73.3 cm³/mol. The number of hydrogen-bond acceptors (Lipinski definition) is 3. The molecule has 2 N–H and O–H groups in total. The van der Waals surface area contributed by atoms with Gasteiger partial charge >= 0.3 is 0 Å². The molecule has 1 aromatic rings. The van der Waals surface area contributed by atoms with Crippen molar-refractivity contribution < 1.29 is 4.79 Å². The number of benzene rings is 1. The first-order chi connectivity index (χ1) is 8.69. The average Bonchev–Trinajstić information content (AvgIpc) is 2.41. The molecule has 1 aliphatic heterocycles. The summed E-state index contributed by atoms with van der Waals surface area (Å²) in [6.45, 7) is 6.91. The summed E-state index contributed by atoms with van der Waals surface area (Å²) in [5.41, 5.74) is 7.40. The number of anilines is 1. The second kappa shape index (κ2) is 5.87. The van der Waals surface area contributed by atoms with Crippen molar-refractivity contribution in [1.29, 1.82) is 0 Å². The van der Waals surface area contributed by atoms with Gasteiger partial charge < -0.3 is 15.5 Å². The minimum atomic E-state index is 0.218. The van der Waals surface area contributed by atoms with Gasteiger partial charge in [-0.25, -0.2) is 0 Å². The highest BCUT2D eigenvalue weighted by atomic mass is 16.2. The van der Waals surface area contributed by atoms with Gasteiger partial charge in [0.25, 0.3) is 0 Å². The summed E-state index contributed by atoms with van der Waals surface area (Å²) in [7, 11) is 0. The summed E-state index contributed by atoms with van der Waals surface area (Å²) in [6, 6.07) is 7.54. The third-order valence-electron chi connectivity index (χ3n) is 3.51. The number of rotatable bonds is 3. The van der Waals surface area contributed by atoms with E-state index >= 15 is 0 Å². The molecule has 98 valence electrons. The molecule has 0 bridgehead atoms. The Morgan fingerprint density at radius 3 is 2.33 bits per heavy atom. The van der Waals surface area contributed by atoms with Crippen LogP contribution in [-0.2, 0) is 11.2 Å². The molecule has 2 rings (SSSR count). The maximum Gasteiger partial charge on any atom is 0.227 e. The standard InChI is InChI=1S/C14H21N3O/c1-2-16-7-9-17(10-8-16)14(18)11-12-3-5-13(15)6-4-12/h3-6H,2,7-11,15H2,1H3. The molecule has 1 amide bonds. The average molecular weight is 247 g/mol. The molecule has 0 unspecified atom stereocenters. The van der Waals surface area contributed by atoms with Crippen molar-refractivity contribution in [3.05, 3.63) is 29.8 Å². The summed E-state index contributed by atoms with van der Waals surface area (Å²) in [4.78, 5) is 16.5. The van der Waals surface area contributed by atoms with Gasteiger partial charge in [-0.1, -0.05) is 19.1 Å². The first kappa shape index (κ1) is 12.9. The minimum absolute atomic E-state index is 0.218. The fourth-order valence-corrected chi connectivity index (χ4v) is 2.24. The summed E-state index contributed by atoms with van der Waals surface area (Å²) in [6.07, 6.45) is 0.479. The van der Waals surface area contributed by atoms with Crippen LogP contribution in [0.1, 0.15) is 12.5 Å². The zero-order valence-electron chi connectivity index (χ0n) is 10.9. The molecule has 1 fully saturated rings. The minimum Gasteiger partial charge on any atom is -0.399 e. The number of nitrogen functional groups attached to an aromatic ring is 1. The Bertz CT molecular complexity index is 394. The first-order valence-electron chi connectivity index (χ1n) is 6.53. The summed E-state index contributed by atoms with van der Waals surface area (Å²) < 4.78 is 0. The molecule has 1 aliphatic rings. The van der Waals surface area contributed by atoms with Crippen molar-refractivity contribution in [2.24, 2.45) is 0 Å². The van der Waals surface area contributed by atoms with E-state index < -0.39 is 0 Å². The van der Waals surface area contributed by atoms with Gasteiger partial charge in [-0.3, -0.25) is 4.79 Å². The Morgan fingerprint density at radius 2 is 1.78 bits per heavy atom. The second-order valence-corrected chi connectivity index (χ2v) is 4.73. The summed E-state index contributed by atoms with van der Waals surface area (Å²) in [5.74, 6) is 0.218. The Hall–Kier alpha value is -1.55. The summed E-state index contributed by atoms with van der Waals surface area (Å²) >= 11 is 0. The number of amides is 1. The molecule has 0 aliphatic carbocycles. The highest BCUT2D eigenvalue weighted by molar-refractivity contribution is 5.79. The lowest BCUT2D eigenvalue weighted by molar-refractivity contribution is -0.132. The molecular formula is C14H21N3O. The van der Waals surface area contributed by atoms with Crippen LogP contribution in [0.15, 0.2) is 24.3 Å². The Labute approximate surface area is 108 Å². The molecule has 1 saturated heterocycles. The molecule has 0 saturated carbocycles. The van der Waals surface area contributed by atoms with Crippen LogP contribution >= 0.6 is 0 Å². The van der Waals surface area contributed by atoms with E-state index in [0.717, 1.165) is 44.0 Å². The third kappa shape index (κ3) is 3.23. The zero-order valence-corrected chi connectivity index (χ0v) is 10.9. The van der Waals surface area contributed by atoms with Gasteiger partial charge in [0.05, 0.1) is 6.42 Å². The van der Waals surface area contributed by atoms with Gasteiger partial charge in [0.2, 0.25) is 5.91 Å². The Morgan fingerprint density at radius 1 is 1.17 bits per heavy atom. The number of carbonyl (C=O) groups is 1. The van der Waals surface area contributed by atoms with E-state index in [2.05, 4.69) is 11.8 Å². The quantitative estimate of drug-likeness (QED) is 0.810. The van der Waals surface area contributed by atoms with Crippen LogP contribution in [0.2, 0.25) is 0 Å². The lowest BCUT2D eigenvalue weighted by Gasteiger charge is -2.34. The van der Waals surface area contributed by atoms with Crippen molar-refractivity contribution >= 4 is 11.6 Å². The molecule has 0 atom stereocenters. The lowest BCUT2D eigenvalue weighted by Crippen LogP contribution is -2.48. The first-order valence-corrected chi connectivity index (χ1v) is 6.53. The van der Waals surface area contributed by atoms with Gasteiger partial charge in [-0.15, -0.1) is 0 Å². The lowest BCUT2D eigenvalue weighted by atomic mass is 10.1. The highest BCUT2D eigenvalue weighted by Crippen LogP contribution is 2.09. The molecule has 18 heavy (non-hydrogen) atoms. The fraction of sp³-hybridized carbons (Fsp3) is 0.500. The molecular weight excluding hydrogens is 226 g/mol. The van der Waals surface area contributed by atoms with E-state index in [-0.39, 0.29) is 5.91 Å². The molecule has 1 heterocycles. The molecule has 0 radical (unpaired) electrons. The van der Waals surface area contributed by atoms with Crippen molar-refractivity contribution in [3.63, 3.8) is 0 Å². The molecule has 0 aromatic heterocycles. The van der Waals surface area contributed by atoms with Gasteiger partial charge in [-0.05, 0) is 24.2 Å². The number of piperazine rings is 1. The van der Waals surface area contributed by atoms with Gasteiger partial charge in [0.15, 0.2) is 0 Å². The monoisotopic (exact) mass is 247 g/mol. The highest BCUT2D eigenvalue weighted by Gasteiger charge is 2.19. The number of nitrogens with two attached hydrogens (primary N) is 1. The van der Waals surface area contributed by atoms with E-state index in [1.165, 1.54) is 0 Å². The van der Waals surface area contributed by atoms with Crippen LogP contribution in [0.25, 0.3) is 0 Å². The van der Waals surface area contributed by atoms with E-state index in [1.807, 2.05) is 29.2 Å². The largest absolute Gasteiger partial charge is 0.399 e. The van der Waals surface area contributed by atoms with Gasteiger partial charge in [-0.2, -0.15) is 0 Å². The normalized spacial score (nSPS) is 16.8. The van der Waals surface area contributed by atoms with E-state index in [4.69, 9.17) is 5.73 Å². The van der Waals surface area contributed by atoms with Crippen molar-refractivity contribution in [2.75, 3.05) is 38.5 Å². The molecule has 1 aromatic carbocycles. The van der Waals surface area contributed by atoms with Crippen molar-refractivity contribution in [1.82, 2.24) is 9.80 Å². The third-order valence-corrected chi connectivity index (χ3v) is 3.51. The van der Waals surface area contributed by atoms with Crippen LogP contribution in [0.4, 0.5) is 5.69 Å². The topological polar surface area (TPSA) is 49.6 Å². The molecule has 0 spiro atoms. The number of carbonyl (C=O) groups excluding carboxylic acids is 1. The smallest absolute Gasteiger partial charge is 0.227 e. The van der Waals surface area contributed by atoms with Crippen LogP contribution in [0.5, 0.6) is 0 Å². The van der Waals surface area contributed by atoms with Crippen LogP contribution in [-0.4, -0.2) is 48.4 Å². The predicted octanol–water partition coefficient (Wildman–Crippen LogP) is 0.975. The van der Waals surface area contributed by atoms with Crippen LogP contribution in [0, 0.1) is 0 Å². The second-order valence-electron chi connectivity index (χ2n) is 4.73. The molecule has 4 nitrogen and oxygen atoms in total. The number of hydrogen-bond donors (Lipinski definition) is 1. The zero-order chi connectivity index (χ0) is 13.0. The van der Waals surface area contributed by atoms with E-state index in [0.29, 0.717) is 6.42 Å². The van der Waals surface area contributed by atoms with Crippen LogP contribution in [0.3, 0.4) is 0 Å². The number of nitrogens with zero attached hydrogens (tertiary/aromatic N) is 2. The van der Waals surface area contributed by atoms with E-state index in [9.17, 15) is 4.79 Å². The Balaban J connectivity index is 1.87. The molecule has 4 heteroatoms. The maximum absolute atomic E-state index is 12.1. The van der Waals surface area contributed by atoms with E-state index in [1.54, 1.807) is 0 Å². The fourth-order valence-electron chi connectivity index (χ4n) is 2.24. The maximum atomic E-state index is 12.1. The van der Waals surface area contributed by atoms with Gasteiger partial charge in [0.1, 0.15) is 0 Å². The SMILES string of the molecule is CCN1CCN(C(=O)Cc2ccc(N)cc2)CC1. The van der Waals surface area contributed by atoms with Crippen LogP contribution < -0.4 is 5.73 Å². The number of likely N-dealkylation sites (N-methyl/N-ethyl adjacent to an activating group) is 1. The van der Waals surface area contributed by atoms with Crippen molar-refractivity contribution in [2.45, 2.75) is 13.3 Å². The van der Waals surface area contributed by atoms with Gasteiger partial charge in [0, 0.05) is 31.9 Å². The Kier molecular flexibility index (Phi) is 4.20. The summed E-state index contributed by atoms with van der Waals surface area (Å²) in [5, 5.41) is 0. The van der Waals surface area contributed by atoms with Crippen molar-refractivity contribution in [3.8, 4) is 0 Å².